The summed E-state index contributed by atoms with van der Waals surface area (Å²) in [6, 6.07) is 19.8. The molecule has 2 aromatic carbocycles. The van der Waals surface area contributed by atoms with Crippen molar-refractivity contribution >= 4 is 23.4 Å². The molecule has 0 aliphatic carbocycles. The number of halogens is 1. The van der Waals surface area contributed by atoms with E-state index in [1.165, 1.54) is 0 Å². The van der Waals surface area contributed by atoms with Crippen LogP contribution in [0.25, 0.3) is 33.6 Å². The van der Waals surface area contributed by atoms with Crippen molar-refractivity contribution in [3.8, 4) is 51.3 Å². The van der Waals surface area contributed by atoms with Crippen LogP contribution in [-0.4, -0.2) is 85.1 Å². The SMILES string of the molecule is COc1cc(-c2nccc(-c3cccc(-c4ccc(CN5CC6(CNC(=O)C6)C5)c(OC)n4)c3Cl)c2C#N)ccc1CN1CC2(CNC(=O)C2)C1. The molecule has 4 saturated heterocycles. The number of carbonyl (C=O) groups excluding carboxylic acids is 2. The van der Waals surface area contributed by atoms with Crippen molar-refractivity contribution < 1.29 is 19.1 Å². The third-order valence-corrected chi connectivity index (χ3v) is 11.1. The summed E-state index contributed by atoms with van der Waals surface area (Å²) in [5.74, 6) is 1.50. The van der Waals surface area contributed by atoms with Gasteiger partial charge in [0, 0.05) is 116 Å². The highest BCUT2D eigenvalue weighted by Gasteiger charge is 2.49. The molecule has 2 aromatic heterocycles. The van der Waals surface area contributed by atoms with Crippen molar-refractivity contribution in [3.05, 3.63) is 82.5 Å². The summed E-state index contributed by atoms with van der Waals surface area (Å²) in [6.45, 7) is 6.32. The quantitative estimate of drug-likeness (QED) is 0.255. The Bertz CT molecular complexity index is 2100. The van der Waals surface area contributed by atoms with Crippen molar-refractivity contribution in [1.82, 2.24) is 30.4 Å². The van der Waals surface area contributed by atoms with Crippen LogP contribution in [0.2, 0.25) is 5.02 Å². The Labute approximate surface area is 301 Å². The number of pyridine rings is 2. The Hall–Kier alpha value is -5.02. The average molecular weight is 704 g/mol. The minimum atomic E-state index is 0.0471. The molecule has 2 N–H and O–H groups in total. The molecule has 11 nitrogen and oxygen atoms in total. The van der Waals surface area contributed by atoms with Gasteiger partial charge in [-0.05, 0) is 18.2 Å². The van der Waals surface area contributed by atoms with Crippen LogP contribution in [0.15, 0.2) is 60.8 Å². The summed E-state index contributed by atoms with van der Waals surface area (Å²) in [4.78, 5) is 37.6. The van der Waals surface area contributed by atoms with Gasteiger partial charge in [0.25, 0.3) is 0 Å². The lowest BCUT2D eigenvalue weighted by atomic mass is 9.79. The number of nitrogens with one attached hydrogen (secondary N) is 2. The highest BCUT2D eigenvalue weighted by Crippen LogP contribution is 2.42. The number of hydrogen-bond acceptors (Lipinski definition) is 9. The van der Waals surface area contributed by atoms with Crippen molar-refractivity contribution in [2.75, 3.05) is 53.5 Å². The normalized spacial score (nSPS) is 18.9. The number of rotatable bonds is 9. The Morgan fingerprint density at radius 3 is 2.10 bits per heavy atom. The summed E-state index contributed by atoms with van der Waals surface area (Å²) in [6.07, 6.45) is 2.87. The van der Waals surface area contributed by atoms with Gasteiger partial charge in [-0.15, -0.1) is 0 Å². The number of carbonyl (C=O) groups is 2. The molecule has 4 aliphatic rings. The van der Waals surface area contributed by atoms with Crippen LogP contribution in [0.3, 0.4) is 0 Å². The maximum atomic E-state index is 11.8. The molecule has 2 spiro atoms. The topological polar surface area (TPSA) is 133 Å². The van der Waals surface area contributed by atoms with Crippen molar-refractivity contribution in [2.45, 2.75) is 25.9 Å². The lowest BCUT2D eigenvalue weighted by molar-refractivity contribution is -0.121. The predicted molar refractivity (Wildman–Crippen MR) is 192 cm³/mol. The maximum Gasteiger partial charge on any atom is 0.220 e. The van der Waals surface area contributed by atoms with Gasteiger partial charge in [-0.2, -0.15) is 5.26 Å². The predicted octanol–water partition coefficient (Wildman–Crippen LogP) is 4.66. The van der Waals surface area contributed by atoms with Crippen LogP contribution in [0.5, 0.6) is 11.6 Å². The van der Waals surface area contributed by atoms with E-state index < -0.39 is 0 Å². The number of benzene rings is 2. The minimum absolute atomic E-state index is 0.0471. The number of hydrogen-bond donors (Lipinski definition) is 2. The largest absolute Gasteiger partial charge is 0.496 e. The molecule has 12 heteroatoms. The van der Waals surface area contributed by atoms with Crippen LogP contribution >= 0.6 is 11.6 Å². The highest BCUT2D eigenvalue weighted by molar-refractivity contribution is 6.36. The molecular formula is C39H38ClN7O4. The van der Waals surface area contributed by atoms with Gasteiger partial charge in [-0.25, -0.2) is 4.98 Å². The molecule has 0 saturated carbocycles. The third kappa shape index (κ3) is 6.07. The van der Waals surface area contributed by atoms with Crippen LogP contribution in [0, 0.1) is 22.2 Å². The van der Waals surface area contributed by atoms with E-state index in [0.717, 1.165) is 61.5 Å². The summed E-state index contributed by atoms with van der Waals surface area (Å²) in [7, 11) is 3.26. The van der Waals surface area contributed by atoms with Crippen LogP contribution in [0.4, 0.5) is 0 Å². The zero-order valence-electron chi connectivity index (χ0n) is 28.6. The first-order chi connectivity index (χ1) is 24.7. The summed E-state index contributed by atoms with van der Waals surface area (Å²) >= 11 is 7.13. The molecule has 4 aromatic rings. The Morgan fingerprint density at radius 2 is 1.49 bits per heavy atom. The Balaban J connectivity index is 1.03. The van der Waals surface area contributed by atoms with E-state index in [-0.39, 0.29) is 22.6 Å². The van der Waals surface area contributed by atoms with Crippen molar-refractivity contribution in [3.63, 3.8) is 0 Å². The van der Waals surface area contributed by atoms with Crippen LogP contribution in [-0.2, 0) is 22.7 Å². The molecule has 0 bridgehead atoms. The number of nitriles is 1. The molecule has 4 aliphatic heterocycles. The summed E-state index contributed by atoms with van der Waals surface area (Å²) in [5, 5.41) is 16.9. The van der Waals surface area contributed by atoms with Gasteiger partial charge < -0.3 is 20.1 Å². The van der Waals surface area contributed by atoms with Crippen molar-refractivity contribution in [1.29, 1.82) is 5.26 Å². The first kappa shape index (κ1) is 33.1. The molecule has 6 heterocycles. The lowest BCUT2D eigenvalue weighted by Gasteiger charge is -2.47. The lowest BCUT2D eigenvalue weighted by Crippen LogP contribution is -2.56. The molecule has 0 unspecified atom stereocenters. The molecule has 2 amide bonds. The fourth-order valence-electron chi connectivity index (χ4n) is 8.36. The van der Waals surface area contributed by atoms with Crippen molar-refractivity contribution in [2.24, 2.45) is 10.8 Å². The first-order valence-corrected chi connectivity index (χ1v) is 17.5. The second-order valence-electron chi connectivity index (χ2n) is 14.4. The average Bonchev–Trinajstić information content (AvgIpc) is 3.70. The molecule has 0 radical (unpaired) electrons. The second-order valence-corrected chi connectivity index (χ2v) is 14.8. The summed E-state index contributed by atoms with van der Waals surface area (Å²) < 4.78 is 11.5. The third-order valence-electron chi connectivity index (χ3n) is 10.7. The van der Waals surface area contributed by atoms with Gasteiger partial charge in [0.15, 0.2) is 0 Å². The van der Waals surface area contributed by atoms with Gasteiger partial charge in [0.1, 0.15) is 11.8 Å². The van der Waals surface area contributed by atoms with E-state index in [1.807, 2.05) is 54.6 Å². The number of likely N-dealkylation sites (tertiary alicyclic amines) is 2. The smallest absolute Gasteiger partial charge is 0.220 e. The van der Waals surface area contributed by atoms with E-state index in [1.54, 1.807) is 20.4 Å². The fraction of sp³-hybridized carbons (Fsp3) is 0.359. The number of nitrogens with zero attached hydrogens (tertiary/aromatic N) is 5. The molecule has 51 heavy (non-hydrogen) atoms. The van der Waals surface area contributed by atoms with Gasteiger partial charge in [0.05, 0.1) is 36.2 Å². The van der Waals surface area contributed by atoms with Gasteiger partial charge in [0.2, 0.25) is 17.7 Å². The minimum Gasteiger partial charge on any atom is -0.496 e. The number of methoxy groups -OCH3 is 2. The summed E-state index contributed by atoms with van der Waals surface area (Å²) in [5.41, 5.74) is 6.53. The Morgan fingerprint density at radius 1 is 0.843 bits per heavy atom. The van der Waals surface area contributed by atoms with Gasteiger partial charge in [-0.3, -0.25) is 24.4 Å². The van der Waals surface area contributed by atoms with E-state index in [0.29, 0.717) is 70.7 Å². The monoisotopic (exact) mass is 703 g/mol. The van der Waals surface area contributed by atoms with E-state index >= 15 is 0 Å². The zero-order valence-corrected chi connectivity index (χ0v) is 29.3. The molecule has 4 fully saturated rings. The van der Waals surface area contributed by atoms with Crippen LogP contribution in [0.1, 0.15) is 29.5 Å². The molecular weight excluding hydrogens is 666 g/mol. The maximum absolute atomic E-state index is 11.8. The van der Waals surface area contributed by atoms with E-state index in [4.69, 9.17) is 26.1 Å². The standard InChI is InChI=1S/C39H38ClN7O4/c1-50-32-12-24(6-7-25(32)16-46-20-38(21-46)13-33(48)43-18-38)36-30(15-41)27(10-11-42-36)28-4-3-5-29(35(28)40)31-9-8-26(37(45-31)51-2)17-47-22-39(23-47)14-34(49)44-19-39/h3-12H,13-14,16-23H2,1-2H3,(H,43,48)(H,44,49). The molecule has 0 atom stereocenters. The van der Waals surface area contributed by atoms with E-state index in [2.05, 4.69) is 31.5 Å². The highest BCUT2D eigenvalue weighted by atomic mass is 35.5. The van der Waals surface area contributed by atoms with Gasteiger partial charge >= 0.3 is 0 Å². The number of aromatic nitrogens is 2. The van der Waals surface area contributed by atoms with Gasteiger partial charge in [-0.1, -0.05) is 48.0 Å². The zero-order chi connectivity index (χ0) is 35.3. The van der Waals surface area contributed by atoms with E-state index in [9.17, 15) is 14.9 Å². The fourth-order valence-corrected chi connectivity index (χ4v) is 8.68. The molecule has 8 rings (SSSR count). The first-order valence-electron chi connectivity index (χ1n) is 17.1. The Kier molecular flexibility index (Phi) is 8.41. The number of amides is 2. The molecule has 260 valence electrons. The number of ether oxygens (including phenoxy) is 2. The van der Waals surface area contributed by atoms with Crippen LogP contribution < -0.4 is 20.1 Å². The second kappa shape index (κ2) is 12.9.